The highest BCUT2D eigenvalue weighted by molar-refractivity contribution is 5.92. The van der Waals surface area contributed by atoms with E-state index < -0.39 is 5.92 Å². The molecular formula is C31H34N2O6. The first-order valence-corrected chi connectivity index (χ1v) is 13.2. The predicted molar refractivity (Wildman–Crippen MR) is 147 cm³/mol. The quantitative estimate of drug-likeness (QED) is 0.410. The molecule has 0 aliphatic carbocycles. The van der Waals surface area contributed by atoms with Gasteiger partial charge in [0.25, 0.3) is 0 Å². The molecule has 39 heavy (non-hydrogen) atoms. The number of benzene rings is 3. The van der Waals surface area contributed by atoms with E-state index in [9.17, 15) is 9.59 Å². The smallest absolute Gasteiger partial charge is 0.311 e. The van der Waals surface area contributed by atoms with Gasteiger partial charge in [-0.15, -0.1) is 0 Å². The molecule has 2 aliphatic rings. The number of hydrogen-bond donors (Lipinski definition) is 1. The number of likely N-dealkylation sites (tertiary alicyclic amines) is 1. The number of fused-ring (bicyclic) bond motifs is 1. The third-order valence-corrected chi connectivity index (χ3v) is 7.58. The number of esters is 1. The van der Waals surface area contributed by atoms with Gasteiger partial charge in [-0.3, -0.25) is 14.5 Å². The number of nitrogens with one attached hydrogen (secondary N) is 1. The minimum Gasteiger partial charge on any atom is -0.497 e. The number of rotatable bonds is 8. The van der Waals surface area contributed by atoms with E-state index in [1.54, 1.807) is 14.0 Å². The number of methoxy groups -OCH3 is 1. The molecule has 3 aromatic rings. The maximum Gasteiger partial charge on any atom is 0.311 e. The standard InChI is InChI=1S/C31H34N2O6/c1-5-37-31(35)29-25(22-9-13-26-27(15-22)39-18-38-26)16-33(30(29)21-7-11-24(36-4)12-8-21)17-28(34)32-23-10-6-19(2)20(3)14-23/h6-15,25,29-30H,5,16-18H2,1-4H3,(H,32,34)/t25-,29-,30+/m1/s1. The summed E-state index contributed by atoms with van der Waals surface area (Å²) in [6.45, 7) is 6.90. The zero-order valence-electron chi connectivity index (χ0n) is 22.7. The predicted octanol–water partition coefficient (Wildman–Crippen LogP) is 5.00. The normalized spacial score (nSPS) is 20.1. The molecule has 2 heterocycles. The Hall–Kier alpha value is -4.04. The highest BCUT2D eigenvalue weighted by Gasteiger charge is 2.48. The van der Waals surface area contributed by atoms with Gasteiger partial charge in [0.1, 0.15) is 5.75 Å². The molecule has 0 saturated carbocycles. The Balaban J connectivity index is 1.49. The first-order valence-electron chi connectivity index (χ1n) is 13.2. The van der Waals surface area contributed by atoms with Crippen LogP contribution in [0.15, 0.2) is 60.7 Å². The molecule has 0 unspecified atom stereocenters. The number of anilines is 1. The van der Waals surface area contributed by atoms with Crippen LogP contribution in [0, 0.1) is 19.8 Å². The summed E-state index contributed by atoms with van der Waals surface area (Å²) in [4.78, 5) is 28.9. The number of hydrogen-bond acceptors (Lipinski definition) is 7. The number of aryl methyl sites for hydroxylation is 2. The largest absolute Gasteiger partial charge is 0.497 e. The minimum atomic E-state index is -0.534. The van der Waals surface area contributed by atoms with E-state index in [4.69, 9.17) is 18.9 Å². The van der Waals surface area contributed by atoms with E-state index in [2.05, 4.69) is 10.2 Å². The van der Waals surface area contributed by atoms with Crippen molar-refractivity contribution in [3.63, 3.8) is 0 Å². The van der Waals surface area contributed by atoms with Crippen LogP contribution < -0.4 is 19.5 Å². The van der Waals surface area contributed by atoms with Crippen molar-refractivity contribution >= 4 is 17.6 Å². The van der Waals surface area contributed by atoms with Crippen LogP contribution in [0.5, 0.6) is 17.2 Å². The average Bonchev–Trinajstić information content (AvgIpc) is 3.55. The van der Waals surface area contributed by atoms with Gasteiger partial charge in [0.15, 0.2) is 11.5 Å². The first-order chi connectivity index (χ1) is 18.9. The molecule has 204 valence electrons. The van der Waals surface area contributed by atoms with Gasteiger partial charge in [0.05, 0.1) is 26.2 Å². The zero-order chi connectivity index (χ0) is 27.5. The van der Waals surface area contributed by atoms with E-state index in [1.165, 1.54) is 0 Å². The third-order valence-electron chi connectivity index (χ3n) is 7.58. The molecule has 2 aliphatic heterocycles. The summed E-state index contributed by atoms with van der Waals surface area (Å²) in [7, 11) is 1.62. The summed E-state index contributed by atoms with van der Waals surface area (Å²) >= 11 is 0. The van der Waals surface area contributed by atoms with Gasteiger partial charge < -0.3 is 24.3 Å². The minimum absolute atomic E-state index is 0.112. The Bertz CT molecular complexity index is 1360. The van der Waals surface area contributed by atoms with Crippen LogP contribution in [0.3, 0.4) is 0 Å². The molecule has 0 radical (unpaired) electrons. The monoisotopic (exact) mass is 530 g/mol. The van der Waals surface area contributed by atoms with E-state index in [0.29, 0.717) is 18.0 Å². The summed E-state index contributed by atoms with van der Waals surface area (Å²) in [5.74, 6) is 0.857. The van der Waals surface area contributed by atoms with E-state index in [1.807, 2.05) is 74.5 Å². The molecule has 1 amide bonds. The van der Waals surface area contributed by atoms with Gasteiger partial charge in [-0.2, -0.15) is 0 Å². The Labute approximate surface area is 228 Å². The third kappa shape index (κ3) is 5.56. The topological polar surface area (TPSA) is 86.3 Å². The maximum atomic E-state index is 13.5. The first kappa shape index (κ1) is 26.6. The van der Waals surface area contributed by atoms with Gasteiger partial charge in [-0.1, -0.05) is 24.3 Å². The number of carbonyl (C=O) groups is 2. The van der Waals surface area contributed by atoms with Crippen LogP contribution in [0.2, 0.25) is 0 Å². The molecule has 0 aromatic heterocycles. The summed E-state index contributed by atoms with van der Waals surface area (Å²) in [5, 5.41) is 3.03. The van der Waals surface area contributed by atoms with Gasteiger partial charge in [-0.05, 0) is 79.4 Å². The lowest BCUT2D eigenvalue weighted by atomic mass is 9.82. The average molecular weight is 531 g/mol. The Morgan fingerprint density at radius 3 is 2.41 bits per heavy atom. The second-order valence-electron chi connectivity index (χ2n) is 9.99. The number of nitrogens with zero attached hydrogens (tertiary/aromatic N) is 1. The second-order valence-corrected chi connectivity index (χ2v) is 9.99. The van der Waals surface area contributed by atoms with Crippen molar-refractivity contribution in [2.24, 2.45) is 5.92 Å². The molecule has 3 atom stereocenters. The fourth-order valence-corrected chi connectivity index (χ4v) is 5.50. The lowest BCUT2D eigenvalue weighted by molar-refractivity contribution is -0.149. The molecule has 0 bridgehead atoms. The Morgan fingerprint density at radius 1 is 0.949 bits per heavy atom. The Kier molecular flexibility index (Phi) is 7.74. The maximum absolute atomic E-state index is 13.5. The molecular weight excluding hydrogens is 496 g/mol. The van der Waals surface area contributed by atoms with Crippen molar-refractivity contribution in [3.05, 3.63) is 82.9 Å². The number of carbonyl (C=O) groups excluding carboxylic acids is 2. The van der Waals surface area contributed by atoms with Crippen LogP contribution in [0.1, 0.15) is 41.1 Å². The molecule has 8 nitrogen and oxygen atoms in total. The molecule has 5 rings (SSSR count). The second kappa shape index (κ2) is 11.4. The van der Waals surface area contributed by atoms with Crippen LogP contribution in [0.4, 0.5) is 5.69 Å². The van der Waals surface area contributed by atoms with Crippen molar-refractivity contribution in [1.82, 2.24) is 4.90 Å². The summed E-state index contributed by atoms with van der Waals surface area (Å²) in [5.41, 5.74) is 4.87. The molecule has 3 aromatic carbocycles. The van der Waals surface area contributed by atoms with Crippen LogP contribution in [-0.4, -0.2) is 50.4 Å². The van der Waals surface area contributed by atoms with E-state index in [-0.39, 0.29) is 43.8 Å². The van der Waals surface area contributed by atoms with E-state index in [0.717, 1.165) is 33.7 Å². The van der Waals surface area contributed by atoms with Gasteiger partial charge in [0, 0.05) is 24.2 Å². The van der Waals surface area contributed by atoms with E-state index >= 15 is 0 Å². The van der Waals surface area contributed by atoms with Gasteiger partial charge in [0.2, 0.25) is 12.7 Å². The van der Waals surface area contributed by atoms with Crippen molar-refractivity contribution < 1.29 is 28.5 Å². The fourth-order valence-electron chi connectivity index (χ4n) is 5.50. The fraction of sp³-hybridized carbons (Fsp3) is 0.355. The molecule has 1 N–H and O–H groups in total. The number of amides is 1. The highest BCUT2D eigenvalue weighted by Crippen LogP contribution is 2.48. The zero-order valence-corrected chi connectivity index (χ0v) is 22.7. The van der Waals surface area contributed by atoms with Crippen LogP contribution in [-0.2, 0) is 14.3 Å². The van der Waals surface area contributed by atoms with Crippen LogP contribution >= 0.6 is 0 Å². The SMILES string of the molecule is CCOC(=O)[C@@H]1[C@@H](c2ccc3c(c2)OCO3)CN(CC(=O)Nc2ccc(C)c(C)c2)[C@H]1c1ccc(OC)cc1. The summed E-state index contributed by atoms with van der Waals surface area (Å²) in [6, 6.07) is 18.9. The summed E-state index contributed by atoms with van der Waals surface area (Å²) in [6.07, 6.45) is 0. The molecule has 0 spiro atoms. The van der Waals surface area contributed by atoms with Crippen molar-refractivity contribution in [3.8, 4) is 17.2 Å². The van der Waals surface area contributed by atoms with Gasteiger partial charge >= 0.3 is 5.97 Å². The van der Waals surface area contributed by atoms with Crippen molar-refractivity contribution in [2.75, 3.05) is 38.9 Å². The highest BCUT2D eigenvalue weighted by atomic mass is 16.7. The summed E-state index contributed by atoms with van der Waals surface area (Å²) < 4.78 is 22.1. The molecule has 8 heteroatoms. The van der Waals surface area contributed by atoms with Crippen LogP contribution in [0.25, 0.3) is 0 Å². The lowest BCUT2D eigenvalue weighted by Gasteiger charge is -2.28. The van der Waals surface area contributed by atoms with Crippen molar-refractivity contribution in [2.45, 2.75) is 32.7 Å². The molecule has 1 fully saturated rings. The van der Waals surface area contributed by atoms with Gasteiger partial charge in [-0.25, -0.2) is 0 Å². The number of ether oxygens (including phenoxy) is 4. The Morgan fingerprint density at radius 2 is 1.69 bits per heavy atom. The van der Waals surface area contributed by atoms with Crippen molar-refractivity contribution in [1.29, 1.82) is 0 Å². The lowest BCUT2D eigenvalue weighted by Crippen LogP contribution is -2.35. The molecule has 1 saturated heterocycles.